The number of H-pyrrole nitrogens is 1. The number of halogens is 3. The number of carbonyl (C=O) groups is 1. The number of alkyl halides is 3. The number of nitrogens with zero attached hydrogens (tertiary/aromatic N) is 4. The molecular weight excluding hydrogens is 685 g/mol. The van der Waals surface area contributed by atoms with E-state index in [0.29, 0.717) is 40.5 Å². The first-order valence-electron chi connectivity index (χ1n) is 16.5. The van der Waals surface area contributed by atoms with Crippen LogP contribution in [0.15, 0.2) is 76.8 Å². The van der Waals surface area contributed by atoms with Gasteiger partial charge in [0.2, 0.25) is 0 Å². The first-order chi connectivity index (χ1) is 24.4. The van der Waals surface area contributed by atoms with Crippen LogP contribution in [-0.2, 0) is 25.6 Å². The molecule has 1 aliphatic rings. The summed E-state index contributed by atoms with van der Waals surface area (Å²) in [5.41, 5.74) is 0.770. The summed E-state index contributed by atoms with van der Waals surface area (Å²) in [6.45, 7) is 5.48. The Morgan fingerprint density at radius 1 is 1.00 bits per heavy atom. The molecule has 2 N–H and O–H groups in total. The van der Waals surface area contributed by atoms with Crippen molar-refractivity contribution in [1.82, 2.24) is 19.9 Å². The molecule has 1 saturated heterocycles. The predicted molar refractivity (Wildman–Crippen MR) is 187 cm³/mol. The van der Waals surface area contributed by atoms with Crippen molar-refractivity contribution in [3.8, 4) is 0 Å². The van der Waals surface area contributed by atoms with E-state index < -0.39 is 33.5 Å². The second kappa shape index (κ2) is 15.1. The Morgan fingerprint density at radius 3 is 2.49 bits per heavy atom. The Balaban J connectivity index is 1.30. The number of methoxy groups -OCH3 is 1. The molecule has 3 aromatic carbocycles. The number of carbonyl (C=O) groups excluding carboxylic acids is 1. The lowest BCUT2D eigenvalue weighted by Gasteiger charge is -2.26. The SMILES string of the molecule is COC(=O)c1ccc2c(c1)[nH]c1nc(Cc3cccc(/C(=N/OS(=O)(=O)c4ccc(C)cc4)C(F)(F)F)c3)nc(NCCCN3CCCCC3)c12. The number of benzene rings is 3. The van der Waals surface area contributed by atoms with Gasteiger partial charge in [0.1, 0.15) is 22.2 Å². The fraction of sp³-hybridized carbons (Fsp3) is 0.333. The minimum atomic E-state index is -5.03. The number of piperidine rings is 1. The number of fused-ring (bicyclic) bond motifs is 3. The Bertz CT molecular complexity index is 2180. The fourth-order valence-electron chi connectivity index (χ4n) is 6.10. The quantitative estimate of drug-likeness (QED) is 0.0619. The molecule has 0 saturated carbocycles. The van der Waals surface area contributed by atoms with Crippen LogP contribution in [0.1, 0.15) is 58.6 Å². The van der Waals surface area contributed by atoms with E-state index in [-0.39, 0.29) is 11.3 Å². The van der Waals surface area contributed by atoms with Crippen molar-refractivity contribution < 1.29 is 35.4 Å². The van der Waals surface area contributed by atoms with Crippen LogP contribution in [0.25, 0.3) is 21.9 Å². The van der Waals surface area contributed by atoms with E-state index in [0.717, 1.165) is 42.4 Å². The van der Waals surface area contributed by atoms with Crippen LogP contribution in [0.5, 0.6) is 0 Å². The summed E-state index contributed by atoms with van der Waals surface area (Å²) < 4.78 is 77.3. The Kier molecular flexibility index (Phi) is 10.6. The molecule has 0 unspecified atom stereocenters. The van der Waals surface area contributed by atoms with Crippen LogP contribution in [0.2, 0.25) is 0 Å². The topological polar surface area (TPSA) is 139 Å². The van der Waals surface area contributed by atoms with E-state index in [2.05, 4.69) is 24.6 Å². The summed E-state index contributed by atoms with van der Waals surface area (Å²) in [5.74, 6) is 0.383. The van der Waals surface area contributed by atoms with Gasteiger partial charge >= 0.3 is 22.3 Å². The monoisotopic (exact) mass is 722 g/mol. The number of aromatic nitrogens is 3. The van der Waals surface area contributed by atoms with Crippen molar-refractivity contribution >= 4 is 49.6 Å². The minimum absolute atomic E-state index is 0.0443. The number of likely N-dealkylation sites (tertiary alicyclic amines) is 1. The average Bonchev–Trinajstić information content (AvgIpc) is 3.48. The standard InChI is InChI=1S/C36H37F3N6O5S/c1-23-10-13-27(14-11-23)51(47,48)50-44-32(36(37,38)39)25-9-6-8-24(20-25)21-30-42-33(40-16-7-19-45-17-4-3-5-18-45)31-28-15-12-26(35(46)49-2)22-29(28)41-34(31)43-30/h6,8-15,20,22H,3-5,7,16-19,21H2,1-2H3,(H2,40,41,42,43)/b44-32-. The summed E-state index contributed by atoms with van der Waals surface area (Å²) in [5, 5.41) is 8.04. The van der Waals surface area contributed by atoms with E-state index in [1.54, 1.807) is 31.2 Å². The highest BCUT2D eigenvalue weighted by Gasteiger charge is 2.38. The van der Waals surface area contributed by atoms with Crippen molar-refractivity contribution in [2.24, 2.45) is 5.16 Å². The van der Waals surface area contributed by atoms with Gasteiger partial charge in [-0.2, -0.15) is 21.6 Å². The fourth-order valence-corrected chi connectivity index (χ4v) is 6.83. The molecule has 2 aromatic heterocycles. The summed E-state index contributed by atoms with van der Waals surface area (Å²) in [6, 6.07) is 16.0. The van der Waals surface area contributed by atoms with Crippen LogP contribution in [0.3, 0.4) is 0 Å². The molecule has 0 radical (unpaired) electrons. The second-order valence-corrected chi connectivity index (χ2v) is 14.0. The molecule has 0 bridgehead atoms. The van der Waals surface area contributed by atoms with Crippen LogP contribution in [-0.4, -0.2) is 79.4 Å². The van der Waals surface area contributed by atoms with Gasteiger partial charge in [0.15, 0.2) is 5.71 Å². The average molecular weight is 723 g/mol. The van der Waals surface area contributed by atoms with E-state index in [9.17, 15) is 26.4 Å². The van der Waals surface area contributed by atoms with Crippen LogP contribution in [0.4, 0.5) is 19.0 Å². The number of esters is 1. The summed E-state index contributed by atoms with van der Waals surface area (Å²) in [4.78, 5) is 27.1. The van der Waals surface area contributed by atoms with Crippen LogP contribution in [0, 0.1) is 6.92 Å². The predicted octanol–water partition coefficient (Wildman–Crippen LogP) is 6.76. The van der Waals surface area contributed by atoms with Gasteiger partial charge in [0.25, 0.3) is 0 Å². The molecular formula is C36H37F3N6O5S. The second-order valence-electron chi connectivity index (χ2n) is 12.4. The summed E-state index contributed by atoms with van der Waals surface area (Å²) in [7, 11) is -3.30. The van der Waals surface area contributed by atoms with Gasteiger partial charge in [0.05, 0.1) is 18.1 Å². The number of oxime groups is 1. The number of hydrogen-bond donors (Lipinski definition) is 2. The van der Waals surface area contributed by atoms with Crippen molar-refractivity contribution in [3.05, 3.63) is 94.8 Å². The number of aryl methyl sites for hydroxylation is 1. The van der Waals surface area contributed by atoms with Gasteiger partial charge < -0.3 is 19.9 Å². The molecule has 6 rings (SSSR count). The maximum absolute atomic E-state index is 14.2. The van der Waals surface area contributed by atoms with Crippen LogP contribution < -0.4 is 5.32 Å². The zero-order valence-electron chi connectivity index (χ0n) is 28.1. The van der Waals surface area contributed by atoms with E-state index in [1.165, 1.54) is 68.8 Å². The number of anilines is 1. The lowest BCUT2D eigenvalue weighted by atomic mass is 10.0. The molecule has 1 aliphatic heterocycles. The molecule has 51 heavy (non-hydrogen) atoms. The highest BCUT2D eigenvalue weighted by Crippen LogP contribution is 2.31. The molecule has 0 atom stereocenters. The maximum Gasteiger partial charge on any atom is 0.437 e. The van der Waals surface area contributed by atoms with Crippen molar-refractivity contribution in [2.45, 2.75) is 50.1 Å². The van der Waals surface area contributed by atoms with E-state index in [1.807, 2.05) is 0 Å². The zero-order valence-corrected chi connectivity index (χ0v) is 28.9. The third-order valence-electron chi connectivity index (χ3n) is 8.68. The normalized spacial score (nSPS) is 14.6. The van der Waals surface area contributed by atoms with Gasteiger partial charge in [-0.1, -0.05) is 53.5 Å². The molecule has 0 aliphatic carbocycles. The Morgan fingerprint density at radius 2 is 1.76 bits per heavy atom. The number of aromatic amines is 1. The largest absolute Gasteiger partial charge is 0.465 e. The number of ether oxygens (including phenoxy) is 1. The van der Waals surface area contributed by atoms with E-state index >= 15 is 0 Å². The lowest BCUT2D eigenvalue weighted by molar-refractivity contribution is -0.0597. The Labute approximate surface area is 293 Å². The summed E-state index contributed by atoms with van der Waals surface area (Å²) in [6.07, 6.45) is -0.463. The molecule has 15 heteroatoms. The zero-order chi connectivity index (χ0) is 36.2. The van der Waals surface area contributed by atoms with Gasteiger partial charge in [-0.3, -0.25) is 4.28 Å². The maximum atomic E-state index is 14.2. The number of rotatable bonds is 12. The van der Waals surface area contributed by atoms with Gasteiger partial charge in [-0.05, 0) is 81.7 Å². The number of hydrogen-bond acceptors (Lipinski definition) is 10. The minimum Gasteiger partial charge on any atom is -0.465 e. The van der Waals surface area contributed by atoms with Gasteiger partial charge in [0, 0.05) is 29.4 Å². The third-order valence-corrected chi connectivity index (χ3v) is 9.80. The van der Waals surface area contributed by atoms with Crippen molar-refractivity contribution in [3.63, 3.8) is 0 Å². The van der Waals surface area contributed by atoms with Crippen LogP contribution >= 0.6 is 0 Å². The molecule has 268 valence electrons. The smallest absolute Gasteiger partial charge is 0.437 e. The molecule has 0 amide bonds. The highest BCUT2D eigenvalue weighted by molar-refractivity contribution is 7.86. The van der Waals surface area contributed by atoms with Crippen molar-refractivity contribution in [1.29, 1.82) is 0 Å². The summed E-state index contributed by atoms with van der Waals surface area (Å²) >= 11 is 0. The lowest BCUT2D eigenvalue weighted by Crippen LogP contribution is -2.31. The third kappa shape index (κ3) is 8.48. The molecule has 1 fully saturated rings. The van der Waals surface area contributed by atoms with Gasteiger partial charge in [-0.25, -0.2) is 14.8 Å². The molecule has 0 spiro atoms. The van der Waals surface area contributed by atoms with Gasteiger partial charge in [-0.15, -0.1) is 0 Å². The molecule has 11 nitrogen and oxygen atoms in total. The molecule has 3 heterocycles. The highest BCUT2D eigenvalue weighted by atomic mass is 32.2. The number of nitrogens with one attached hydrogen (secondary N) is 2. The Hall–Kier alpha value is -5.02. The molecule has 5 aromatic rings. The van der Waals surface area contributed by atoms with E-state index in [4.69, 9.17) is 14.7 Å². The first-order valence-corrected chi connectivity index (χ1v) is 17.9. The first kappa shape index (κ1) is 35.8. The van der Waals surface area contributed by atoms with Crippen molar-refractivity contribution in [2.75, 3.05) is 38.6 Å².